The molecule has 0 aromatic carbocycles. The smallest absolute Gasteiger partial charge is 0.191 e. The molecule has 0 unspecified atom stereocenters. The minimum absolute atomic E-state index is 0. The molecule has 0 atom stereocenters. The Morgan fingerprint density at radius 3 is 2.81 bits per heavy atom. The van der Waals surface area contributed by atoms with Crippen LogP contribution < -0.4 is 10.6 Å². The number of guanidine groups is 1. The summed E-state index contributed by atoms with van der Waals surface area (Å²) in [5, 5.41) is 16.4. The number of aliphatic hydroxyl groups is 1. The van der Waals surface area contributed by atoms with Gasteiger partial charge in [-0.15, -0.1) is 24.0 Å². The number of nitrogens with zero attached hydrogens (tertiary/aromatic N) is 3. The van der Waals surface area contributed by atoms with Crippen molar-refractivity contribution >= 4 is 35.6 Å². The first kappa shape index (κ1) is 21.0. The van der Waals surface area contributed by atoms with E-state index in [2.05, 4.69) is 41.1 Å². The summed E-state index contributed by atoms with van der Waals surface area (Å²) in [6, 6.07) is 4.53. The molecular weight excluding hydrogens is 441 g/mol. The Bertz CT molecular complexity index is 722. The van der Waals surface area contributed by atoms with E-state index in [1.807, 2.05) is 12.3 Å². The Kier molecular flexibility index (Phi) is 8.15. The minimum Gasteiger partial charge on any atom is -0.393 e. The molecule has 1 saturated carbocycles. The van der Waals surface area contributed by atoms with E-state index in [-0.39, 0.29) is 30.1 Å². The summed E-state index contributed by atoms with van der Waals surface area (Å²) in [7, 11) is 0. The Hall–Kier alpha value is -1.35. The van der Waals surface area contributed by atoms with Crippen molar-refractivity contribution in [2.24, 2.45) is 4.99 Å². The standard InChI is InChI=1S/C19H29N5O.HI/c1-3-20-19(23-15-6-8-17(25)9-7-15)21-11-10-16-13-24-12-4-5-14(2)18(24)22-16;/h4-5,12-13,15,17,25H,3,6-11H2,1-2H3,(H2,20,21,23);1H. The van der Waals surface area contributed by atoms with Crippen molar-refractivity contribution in [1.82, 2.24) is 20.0 Å². The monoisotopic (exact) mass is 471 g/mol. The molecule has 2 aromatic rings. The molecule has 3 N–H and O–H groups in total. The molecule has 0 radical (unpaired) electrons. The lowest BCUT2D eigenvalue weighted by molar-refractivity contribution is 0.120. The molecule has 6 nitrogen and oxygen atoms in total. The largest absolute Gasteiger partial charge is 0.393 e. The third-order valence-corrected chi connectivity index (χ3v) is 4.75. The predicted octanol–water partition coefficient (Wildman–Crippen LogP) is 2.66. The zero-order valence-corrected chi connectivity index (χ0v) is 17.9. The number of imidazole rings is 1. The first-order valence-corrected chi connectivity index (χ1v) is 9.32. The SMILES string of the molecule is CCNC(=NCCc1cn2cccc(C)c2n1)NC1CCC(O)CC1.I. The molecule has 0 spiro atoms. The highest BCUT2D eigenvalue weighted by molar-refractivity contribution is 14.0. The number of rotatable bonds is 5. The number of aliphatic imine (C=N–C) groups is 1. The number of aliphatic hydroxyl groups excluding tert-OH is 1. The van der Waals surface area contributed by atoms with E-state index >= 15 is 0 Å². The Balaban J connectivity index is 0.00000243. The normalized spacial score (nSPS) is 20.7. The van der Waals surface area contributed by atoms with Gasteiger partial charge in [0.25, 0.3) is 0 Å². The van der Waals surface area contributed by atoms with Gasteiger partial charge in [0.05, 0.1) is 11.8 Å². The number of halogens is 1. The van der Waals surface area contributed by atoms with Gasteiger partial charge in [0.15, 0.2) is 5.96 Å². The topological polar surface area (TPSA) is 74.0 Å². The van der Waals surface area contributed by atoms with Gasteiger partial charge in [-0.1, -0.05) is 6.07 Å². The fraction of sp³-hybridized carbons (Fsp3) is 0.579. The molecule has 0 saturated heterocycles. The first-order valence-electron chi connectivity index (χ1n) is 9.32. The second kappa shape index (κ2) is 10.1. The second-order valence-corrected chi connectivity index (χ2v) is 6.81. The summed E-state index contributed by atoms with van der Waals surface area (Å²) in [6.45, 7) is 5.70. The van der Waals surface area contributed by atoms with Crippen LogP contribution in [0, 0.1) is 6.92 Å². The molecule has 2 heterocycles. The van der Waals surface area contributed by atoms with Gasteiger partial charge >= 0.3 is 0 Å². The highest BCUT2D eigenvalue weighted by Gasteiger charge is 2.19. The Morgan fingerprint density at radius 1 is 1.35 bits per heavy atom. The quantitative estimate of drug-likeness (QED) is 0.356. The average molecular weight is 471 g/mol. The van der Waals surface area contributed by atoms with E-state index < -0.39 is 0 Å². The predicted molar refractivity (Wildman–Crippen MR) is 116 cm³/mol. The van der Waals surface area contributed by atoms with E-state index in [1.165, 1.54) is 5.56 Å². The maximum absolute atomic E-state index is 9.63. The van der Waals surface area contributed by atoms with Crippen LogP contribution in [0.3, 0.4) is 0 Å². The minimum atomic E-state index is -0.129. The number of hydrogen-bond donors (Lipinski definition) is 3. The molecule has 1 fully saturated rings. The third kappa shape index (κ3) is 5.57. The number of nitrogens with one attached hydrogen (secondary N) is 2. The van der Waals surface area contributed by atoms with Crippen molar-refractivity contribution in [1.29, 1.82) is 0 Å². The fourth-order valence-electron chi connectivity index (χ4n) is 3.34. The lowest BCUT2D eigenvalue weighted by Crippen LogP contribution is -2.45. The van der Waals surface area contributed by atoms with Crippen molar-refractivity contribution in [2.75, 3.05) is 13.1 Å². The molecule has 0 bridgehead atoms. The van der Waals surface area contributed by atoms with E-state index in [0.717, 1.165) is 55.9 Å². The summed E-state index contributed by atoms with van der Waals surface area (Å²) < 4.78 is 2.07. The highest BCUT2D eigenvalue weighted by Crippen LogP contribution is 2.18. The van der Waals surface area contributed by atoms with E-state index in [4.69, 9.17) is 9.98 Å². The van der Waals surface area contributed by atoms with Crippen molar-refractivity contribution in [3.8, 4) is 0 Å². The molecule has 0 aliphatic heterocycles. The number of aryl methyl sites for hydroxylation is 1. The summed E-state index contributed by atoms with van der Waals surface area (Å²) in [6.07, 6.45) is 8.55. The lowest BCUT2D eigenvalue weighted by atomic mass is 9.93. The summed E-state index contributed by atoms with van der Waals surface area (Å²) >= 11 is 0. The fourth-order valence-corrected chi connectivity index (χ4v) is 3.34. The molecule has 3 rings (SSSR count). The van der Waals surface area contributed by atoms with Crippen LogP contribution >= 0.6 is 24.0 Å². The van der Waals surface area contributed by atoms with Crippen LogP contribution in [0.1, 0.15) is 43.9 Å². The van der Waals surface area contributed by atoms with Crippen LogP contribution in [0.15, 0.2) is 29.5 Å². The summed E-state index contributed by atoms with van der Waals surface area (Å²) in [5.74, 6) is 0.865. The van der Waals surface area contributed by atoms with Crippen LogP contribution in [0.25, 0.3) is 5.65 Å². The van der Waals surface area contributed by atoms with E-state index in [9.17, 15) is 5.11 Å². The maximum Gasteiger partial charge on any atom is 0.191 e. The molecule has 1 aliphatic rings. The molecule has 26 heavy (non-hydrogen) atoms. The van der Waals surface area contributed by atoms with Crippen LogP contribution in [0.4, 0.5) is 0 Å². The number of pyridine rings is 1. The summed E-state index contributed by atoms with van der Waals surface area (Å²) in [4.78, 5) is 9.40. The second-order valence-electron chi connectivity index (χ2n) is 6.81. The number of hydrogen-bond acceptors (Lipinski definition) is 3. The van der Waals surface area contributed by atoms with Crippen molar-refractivity contribution in [3.05, 3.63) is 35.8 Å². The zero-order valence-electron chi connectivity index (χ0n) is 15.6. The van der Waals surface area contributed by atoms with Gasteiger partial charge in [0, 0.05) is 37.9 Å². The molecule has 0 amide bonds. The Labute approximate surface area is 172 Å². The summed E-state index contributed by atoms with van der Waals surface area (Å²) in [5.41, 5.74) is 3.27. The van der Waals surface area contributed by atoms with Gasteiger partial charge < -0.3 is 20.1 Å². The highest BCUT2D eigenvalue weighted by atomic mass is 127. The third-order valence-electron chi connectivity index (χ3n) is 4.75. The van der Waals surface area contributed by atoms with Crippen LogP contribution in [0.2, 0.25) is 0 Å². The van der Waals surface area contributed by atoms with Gasteiger partial charge in [-0.05, 0) is 51.2 Å². The van der Waals surface area contributed by atoms with E-state index in [1.54, 1.807) is 0 Å². The number of aromatic nitrogens is 2. The van der Waals surface area contributed by atoms with Gasteiger partial charge in [-0.3, -0.25) is 4.99 Å². The average Bonchev–Trinajstić information content (AvgIpc) is 3.01. The van der Waals surface area contributed by atoms with Crippen molar-refractivity contribution in [3.63, 3.8) is 0 Å². The van der Waals surface area contributed by atoms with Crippen molar-refractivity contribution < 1.29 is 5.11 Å². The zero-order chi connectivity index (χ0) is 17.6. The molecular formula is C19H30IN5O. The van der Waals surface area contributed by atoms with Gasteiger partial charge in [0.2, 0.25) is 0 Å². The molecule has 7 heteroatoms. The lowest BCUT2D eigenvalue weighted by Gasteiger charge is -2.27. The van der Waals surface area contributed by atoms with E-state index in [0.29, 0.717) is 12.6 Å². The van der Waals surface area contributed by atoms with Gasteiger partial charge in [-0.2, -0.15) is 0 Å². The maximum atomic E-state index is 9.63. The first-order chi connectivity index (χ1) is 12.2. The van der Waals surface area contributed by atoms with Crippen LogP contribution in [0.5, 0.6) is 0 Å². The Morgan fingerprint density at radius 2 is 2.12 bits per heavy atom. The van der Waals surface area contributed by atoms with Gasteiger partial charge in [-0.25, -0.2) is 4.98 Å². The van der Waals surface area contributed by atoms with Gasteiger partial charge in [0.1, 0.15) is 5.65 Å². The molecule has 144 valence electrons. The molecule has 1 aliphatic carbocycles. The molecule has 2 aromatic heterocycles. The van der Waals surface area contributed by atoms with Crippen LogP contribution in [-0.4, -0.2) is 45.7 Å². The number of fused-ring (bicyclic) bond motifs is 1. The van der Waals surface area contributed by atoms with Crippen molar-refractivity contribution in [2.45, 2.75) is 58.1 Å². The van der Waals surface area contributed by atoms with Crippen LogP contribution in [-0.2, 0) is 6.42 Å².